The SMILES string of the molecule is Cc1nn(Cc2c(F)c(F)c(F)c(F)c2F)c(C)c1NC(=S)Nc1cc(Cl)cc(Cl)c1. The second kappa shape index (κ2) is 8.97. The van der Waals surface area contributed by atoms with Crippen LogP contribution in [0, 0.1) is 42.9 Å². The van der Waals surface area contributed by atoms with Gasteiger partial charge >= 0.3 is 0 Å². The molecule has 0 spiro atoms. The van der Waals surface area contributed by atoms with Gasteiger partial charge in [0.15, 0.2) is 28.4 Å². The molecule has 3 rings (SSSR count). The highest BCUT2D eigenvalue weighted by atomic mass is 35.5. The number of benzene rings is 2. The van der Waals surface area contributed by atoms with E-state index in [1.807, 2.05) is 0 Å². The maximum absolute atomic E-state index is 14.0. The normalized spacial score (nSPS) is 11.0. The number of aryl methyl sites for hydroxylation is 1. The minimum Gasteiger partial charge on any atom is -0.332 e. The van der Waals surface area contributed by atoms with Crippen molar-refractivity contribution in [1.82, 2.24) is 9.78 Å². The quantitative estimate of drug-likeness (QED) is 0.191. The van der Waals surface area contributed by atoms with Gasteiger partial charge in [0.2, 0.25) is 5.82 Å². The van der Waals surface area contributed by atoms with E-state index in [9.17, 15) is 22.0 Å². The number of anilines is 2. The van der Waals surface area contributed by atoms with Crippen LogP contribution < -0.4 is 10.6 Å². The molecule has 31 heavy (non-hydrogen) atoms. The molecule has 0 aliphatic rings. The number of hydrogen-bond acceptors (Lipinski definition) is 2. The van der Waals surface area contributed by atoms with Crippen LogP contribution in [0.2, 0.25) is 10.0 Å². The summed E-state index contributed by atoms with van der Waals surface area (Å²) >= 11 is 17.1. The van der Waals surface area contributed by atoms with Crippen LogP contribution in [-0.4, -0.2) is 14.9 Å². The van der Waals surface area contributed by atoms with Gasteiger partial charge in [-0.3, -0.25) is 4.68 Å². The molecule has 164 valence electrons. The van der Waals surface area contributed by atoms with Gasteiger partial charge in [0.1, 0.15) is 0 Å². The summed E-state index contributed by atoms with van der Waals surface area (Å²) in [6.45, 7) is 2.46. The highest BCUT2D eigenvalue weighted by Gasteiger charge is 2.26. The van der Waals surface area contributed by atoms with Crippen molar-refractivity contribution in [3.63, 3.8) is 0 Å². The minimum absolute atomic E-state index is 0.139. The molecule has 0 atom stereocenters. The summed E-state index contributed by atoms with van der Waals surface area (Å²) in [5.74, 6) is -10.1. The van der Waals surface area contributed by atoms with E-state index in [1.165, 1.54) is 0 Å². The summed E-state index contributed by atoms with van der Waals surface area (Å²) in [5.41, 5.74) is 0.654. The van der Waals surface area contributed by atoms with E-state index in [1.54, 1.807) is 32.0 Å². The lowest BCUT2D eigenvalue weighted by molar-refractivity contribution is 0.366. The summed E-state index contributed by atoms with van der Waals surface area (Å²) in [4.78, 5) is 0. The summed E-state index contributed by atoms with van der Waals surface area (Å²) in [5, 5.41) is 10.8. The van der Waals surface area contributed by atoms with Crippen molar-refractivity contribution in [2.24, 2.45) is 0 Å². The first-order valence-corrected chi connectivity index (χ1v) is 9.74. The zero-order chi connectivity index (χ0) is 23.0. The Kier molecular flexibility index (Phi) is 6.73. The average molecular weight is 495 g/mol. The minimum atomic E-state index is -2.22. The van der Waals surface area contributed by atoms with E-state index in [-0.39, 0.29) is 5.11 Å². The van der Waals surface area contributed by atoms with Gasteiger partial charge < -0.3 is 10.6 Å². The maximum atomic E-state index is 14.0. The lowest BCUT2D eigenvalue weighted by atomic mass is 10.1. The zero-order valence-corrected chi connectivity index (χ0v) is 18.2. The molecular formula is C19H13Cl2F5N4S. The molecule has 0 aliphatic heterocycles. The lowest BCUT2D eigenvalue weighted by Gasteiger charge is -2.12. The van der Waals surface area contributed by atoms with Crippen LogP contribution in [0.4, 0.5) is 33.3 Å². The molecule has 0 radical (unpaired) electrons. The Balaban J connectivity index is 1.86. The summed E-state index contributed by atoms with van der Waals surface area (Å²) < 4.78 is 69.4. The van der Waals surface area contributed by atoms with Crippen LogP contribution in [0.15, 0.2) is 18.2 Å². The highest BCUT2D eigenvalue weighted by molar-refractivity contribution is 7.80. The largest absolute Gasteiger partial charge is 0.332 e. The molecule has 4 nitrogen and oxygen atoms in total. The van der Waals surface area contributed by atoms with Gasteiger partial charge in [-0.05, 0) is 44.3 Å². The molecule has 0 fully saturated rings. The number of halogens is 7. The Hall–Kier alpha value is -2.43. The van der Waals surface area contributed by atoms with Gasteiger partial charge in [0.25, 0.3) is 0 Å². The standard InChI is InChI=1S/C19H13Cl2F5N4S/c1-7-18(28-19(31)27-11-4-9(20)3-10(21)5-11)8(2)30(29-7)6-12-13(22)15(24)17(26)16(25)14(12)23/h3-5H,6H2,1-2H3,(H2,27,28,31). The van der Waals surface area contributed by atoms with Crippen molar-refractivity contribution in [2.45, 2.75) is 20.4 Å². The van der Waals surface area contributed by atoms with Gasteiger partial charge in [-0.1, -0.05) is 23.2 Å². The fourth-order valence-corrected chi connectivity index (χ4v) is 3.62. The third kappa shape index (κ3) is 4.76. The molecule has 2 N–H and O–H groups in total. The fourth-order valence-electron chi connectivity index (χ4n) is 2.87. The molecular weight excluding hydrogens is 482 g/mol. The second-order valence-corrected chi connectivity index (χ2v) is 7.77. The molecule has 0 bridgehead atoms. The molecule has 0 unspecified atom stereocenters. The third-order valence-electron chi connectivity index (χ3n) is 4.35. The Morgan fingerprint density at radius 2 is 1.42 bits per heavy atom. The predicted octanol–water partition coefficient (Wildman–Crippen LogP) is 6.36. The Bertz CT molecular complexity index is 1150. The molecule has 1 heterocycles. The first-order valence-electron chi connectivity index (χ1n) is 8.58. The van der Waals surface area contributed by atoms with E-state index in [2.05, 4.69) is 15.7 Å². The van der Waals surface area contributed by atoms with Gasteiger partial charge in [0.05, 0.1) is 29.2 Å². The fraction of sp³-hybridized carbons (Fsp3) is 0.158. The predicted molar refractivity (Wildman–Crippen MR) is 113 cm³/mol. The number of nitrogens with one attached hydrogen (secondary N) is 2. The molecule has 12 heteroatoms. The summed E-state index contributed by atoms with van der Waals surface area (Å²) in [6.07, 6.45) is 0. The Morgan fingerprint density at radius 1 is 0.903 bits per heavy atom. The monoisotopic (exact) mass is 494 g/mol. The van der Waals surface area contributed by atoms with Crippen molar-refractivity contribution < 1.29 is 22.0 Å². The van der Waals surface area contributed by atoms with E-state index in [4.69, 9.17) is 35.4 Å². The van der Waals surface area contributed by atoms with E-state index < -0.39 is 41.2 Å². The van der Waals surface area contributed by atoms with Crippen LogP contribution in [-0.2, 0) is 6.54 Å². The molecule has 2 aromatic carbocycles. The van der Waals surface area contributed by atoms with Crippen molar-refractivity contribution in [3.05, 3.63) is 74.3 Å². The Morgan fingerprint density at radius 3 is 1.97 bits per heavy atom. The van der Waals surface area contributed by atoms with Crippen LogP contribution in [0.25, 0.3) is 0 Å². The molecule has 1 aromatic heterocycles. The van der Waals surface area contributed by atoms with Crippen LogP contribution in [0.1, 0.15) is 17.0 Å². The number of aromatic nitrogens is 2. The van der Waals surface area contributed by atoms with Crippen molar-refractivity contribution in [1.29, 1.82) is 0 Å². The first-order chi connectivity index (χ1) is 14.5. The molecule has 0 saturated carbocycles. The first kappa shape index (κ1) is 23.2. The van der Waals surface area contributed by atoms with Crippen molar-refractivity contribution in [2.75, 3.05) is 10.6 Å². The molecule has 3 aromatic rings. The Labute approximate surface area is 189 Å². The topological polar surface area (TPSA) is 41.9 Å². The van der Waals surface area contributed by atoms with Gasteiger partial charge in [0, 0.05) is 15.7 Å². The van der Waals surface area contributed by atoms with E-state index in [0.29, 0.717) is 32.8 Å². The number of thiocarbonyl (C=S) groups is 1. The van der Waals surface area contributed by atoms with E-state index >= 15 is 0 Å². The maximum Gasteiger partial charge on any atom is 0.200 e. The average Bonchev–Trinajstić information content (AvgIpc) is 2.94. The van der Waals surface area contributed by atoms with Gasteiger partial charge in [-0.2, -0.15) is 5.10 Å². The molecule has 0 amide bonds. The van der Waals surface area contributed by atoms with Crippen LogP contribution >= 0.6 is 35.4 Å². The smallest absolute Gasteiger partial charge is 0.200 e. The van der Waals surface area contributed by atoms with Crippen molar-refractivity contribution in [3.8, 4) is 0 Å². The van der Waals surface area contributed by atoms with Gasteiger partial charge in [-0.15, -0.1) is 0 Å². The van der Waals surface area contributed by atoms with Crippen LogP contribution in [0.3, 0.4) is 0 Å². The highest BCUT2D eigenvalue weighted by Crippen LogP contribution is 2.27. The zero-order valence-electron chi connectivity index (χ0n) is 15.9. The summed E-state index contributed by atoms with van der Waals surface area (Å²) in [6, 6.07) is 4.73. The molecule has 0 aliphatic carbocycles. The van der Waals surface area contributed by atoms with Crippen molar-refractivity contribution >= 4 is 51.9 Å². The second-order valence-electron chi connectivity index (χ2n) is 6.49. The lowest BCUT2D eigenvalue weighted by Crippen LogP contribution is -2.20. The van der Waals surface area contributed by atoms with Crippen LogP contribution in [0.5, 0.6) is 0 Å². The van der Waals surface area contributed by atoms with Gasteiger partial charge in [-0.25, -0.2) is 22.0 Å². The molecule has 0 saturated heterocycles. The number of rotatable bonds is 4. The summed E-state index contributed by atoms with van der Waals surface area (Å²) in [7, 11) is 0. The number of nitrogens with zero attached hydrogens (tertiary/aromatic N) is 2. The third-order valence-corrected chi connectivity index (χ3v) is 4.99. The van der Waals surface area contributed by atoms with E-state index in [0.717, 1.165) is 4.68 Å². The number of hydrogen-bond donors (Lipinski definition) is 2.